The highest BCUT2D eigenvalue weighted by Gasteiger charge is 2.17. The van der Waals surface area contributed by atoms with E-state index in [1.165, 1.54) is 0 Å². The zero-order valence-corrected chi connectivity index (χ0v) is 11.8. The van der Waals surface area contributed by atoms with Gasteiger partial charge in [-0.2, -0.15) is 0 Å². The van der Waals surface area contributed by atoms with Gasteiger partial charge in [0.05, 0.1) is 13.2 Å². The Balaban J connectivity index is 2.32. The number of nitrogens with zero attached hydrogens (tertiary/aromatic N) is 1. The van der Waals surface area contributed by atoms with Gasteiger partial charge in [0.2, 0.25) is 0 Å². The number of nitrogens with one attached hydrogen (secondary N) is 1. The highest BCUT2D eigenvalue weighted by molar-refractivity contribution is 7.11. The summed E-state index contributed by atoms with van der Waals surface area (Å²) in [5, 5.41) is 7.98. The molecule has 1 aromatic carbocycles. The van der Waals surface area contributed by atoms with Gasteiger partial charge in [0.15, 0.2) is 4.80 Å². The highest BCUT2D eigenvalue weighted by Crippen LogP contribution is 2.14. The largest absolute Gasteiger partial charge is 0.462 e. The number of aromatic nitrogens is 1. The zero-order chi connectivity index (χ0) is 13.8. The first-order chi connectivity index (χ1) is 9.13. The van der Waals surface area contributed by atoms with Gasteiger partial charge in [-0.05, 0) is 19.4 Å². The van der Waals surface area contributed by atoms with Crippen molar-refractivity contribution >= 4 is 17.3 Å². The Bertz CT molecular complexity index is 629. The molecule has 1 heterocycles. The molecule has 0 aliphatic carbocycles. The molecule has 0 unspecified atom stereocenters. The summed E-state index contributed by atoms with van der Waals surface area (Å²) in [6.45, 7) is 4.58. The third kappa shape index (κ3) is 2.93. The van der Waals surface area contributed by atoms with Crippen LogP contribution in [0.25, 0.3) is 0 Å². The van der Waals surface area contributed by atoms with E-state index in [-0.39, 0.29) is 5.97 Å². The van der Waals surface area contributed by atoms with Crippen LogP contribution in [-0.4, -0.2) is 17.1 Å². The summed E-state index contributed by atoms with van der Waals surface area (Å²) in [6, 6.07) is 9.91. The van der Waals surface area contributed by atoms with E-state index in [9.17, 15) is 4.79 Å². The summed E-state index contributed by atoms with van der Waals surface area (Å²) in [7, 11) is 0. The van der Waals surface area contributed by atoms with Crippen molar-refractivity contribution in [1.29, 1.82) is 5.41 Å². The summed E-state index contributed by atoms with van der Waals surface area (Å²) in [6.07, 6.45) is 0. The fourth-order valence-corrected chi connectivity index (χ4v) is 2.75. The van der Waals surface area contributed by atoms with Gasteiger partial charge in [0, 0.05) is 5.69 Å². The van der Waals surface area contributed by atoms with E-state index in [1.54, 1.807) is 6.92 Å². The van der Waals surface area contributed by atoms with Gasteiger partial charge in [-0.25, -0.2) is 4.79 Å². The number of thiazole rings is 1. The minimum Gasteiger partial charge on any atom is -0.462 e. The SMILES string of the molecule is CCOC(=O)c1sc(=N)n(Cc2ccccc2)c1C. The minimum absolute atomic E-state index is 0.342. The van der Waals surface area contributed by atoms with Crippen molar-refractivity contribution in [2.45, 2.75) is 20.4 Å². The maximum atomic E-state index is 11.8. The molecule has 100 valence electrons. The standard InChI is InChI=1S/C14H16N2O2S/c1-3-18-13(17)12-10(2)16(14(15)19-12)9-11-7-5-4-6-8-11/h4-8,15H,3,9H2,1-2H3. The van der Waals surface area contributed by atoms with Crippen molar-refractivity contribution in [2.24, 2.45) is 0 Å². The smallest absolute Gasteiger partial charge is 0.350 e. The molecule has 0 radical (unpaired) electrons. The summed E-state index contributed by atoms with van der Waals surface area (Å²) in [5.41, 5.74) is 1.90. The number of esters is 1. The molecule has 0 saturated heterocycles. The zero-order valence-electron chi connectivity index (χ0n) is 11.0. The van der Waals surface area contributed by atoms with E-state index in [1.807, 2.05) is 41.8 Å². The maximum absolute atomic E-state index is 11.8. The van der Waals surface area contributed by atoms with Crippen LogP contribution in [-0.2, 0) is 11.3 Å². The molecule has 0 atom stereocenters. The van der Waals surface area contributed by atoms with Crippen molar-refractivity contribution in [3.63, 3.8) is 0 Å². The second-order valence-corrected chi connectivity index (χ2v) is 5.11. The quantitative estimate of drug-likeness (QED) is 0.873. The number of carbonyl (C=O) groups is 1. The lowest BCUT2D eigenvalue weighted by Gasteiger charge is -2.06. The number of hydrogen-bond acceptors (Lipinski definition) is 4. The van der Waals surface area contributed by atoms with E-state index in [4.69, 9.17) is 10.1 Å². The molecular weight excluding hydrogens is 260 g/mol. The van der Waals surface area contributed by atoms with E-state index >= 15 is 0 Å². The van der Waals surface area contributed by atoms with Crippen molar-refractivity contribution in [2.75, 3.05) is 6.61 Å². The fraction of sp³-hybridized carbons (Fsp3) is 0.286. The summed E-state index contributed by atoms with van der Waals surface area (Å²) < 4.78 is 6.83. The van der Waals surface area contributed by atoms with Crippen LogP contribution in [0.3, 0.4) is 0 Å². The predicted molar refractivity (Wildman–Crippen MR) is 74.4 cm³/mol. The van der Waals surface area contributed by atoms with Gasteiger partial charge >= 0.3 is 5.97 Å². The van der Waals surface area contributed by atoms with Crippen LogP contribution < -0.4 is 4.80 Å². The molecule has 2 aromatic rings. The van der Waals surface area contributed by atoms with Crippen LogP contribution in [0.4, 0.5) is 0 Å². The van der Waals surface area contributed by atoms with Crippen molar-refractivity contribution < 1.29 is 9.53 Å². The maximum Gasteiger partial charge on any atom is 0.350 e. The molecule has 1 N–H and O–H groups in total. The molecule has 19 heavy (non-hydrogen) atoms. The Morgan fingerprint density at radius 1 is 1.37 bits per heavy atom. The Morgan fingerprint density at radius 2 is 2.05 bits per heavy atom. The first kappa shape index (κ1) is 13.5. The molecule has 0 fully saturated rings. The van der Waals surface area contributed by atoms with Crippen molar-refractivity contribution in [1.82, 2.24) is 4.57 Å². The molecule has 1 aromatic heterocycles. The van der Waals surface area contributed by atoms with Crippen LogP contribution in [0.2, 0.25) is 0 Å². The average molecular weight is 276 g/mol. The van der Waals surface area contributed by atoms with E-state index in [2.05, 4.69) is 0 Å². The molecule has 2 rings (SSSR count). The lowest BCUT2D eigenvalue weighted by Crippen LogP contribution is -2.15. The van der Waals surface area contributed by atoms with Gasteiger partial charge in [-0.1, -0.05) is 41.7 Å². The number of carbonyl (C=O) groups excluding carboxylic acids is 1. The lowest BCUT2D eigenvalue weighted by molar-refractivity contribution is 0.0530. The predicted octanol–water partition coefficient (Wildman–Crippen LogP) is 2.56. The van der Waals surface area contributed by atoms with Crippen LogP contribution in [0.1, 0.15) is 27.9 Å². The van der Waals surface area contributed by atoms with Gasteiger partial charge in [-0.15, -0.1) is 0 Å². The third-order valence-corrected chi connectivity index (χ3v) is 3.90. The molecule has 4 nitrogen and oxygen atoms in total. The molecule has 0 aliphatic rings. The van der Waals surface area contributed by atoms with Crippen molar-refractivity contribution in [3.05, 3.63) is 51.3 Å². The molecule has 0 bridgehead atoms. The van der Waals surface area contributed by atoms with Crippen molar-refractivity contribution in [3.8, 4) is 0 Å². The summed E-state index contributed by atoms with van der Waals surface area (Å²) in [4.78, 5) is 12.7. The van der Waals surface area contributed by atoms with E-state index < -0.39 is 0 Å². The first-order valence-electron chi connectivity index (χ1n) is 6.09. The Morgan fingerprint density at radius 3 is 2.68 bits per heavy atom. The second-order valence-electron chi connectivity index (χ2n) is 4.11. The molecule has 5 heteroatoms. The first-order valence-corrected chi connectivity index (χ1v) is 6.91. The monoisotopic (exact) mass is 276 g/mol. The Kier molecular flexibility index (Phi) is 4.16. The topological polar surface area (TPSA) is 55.1 Å². The average Bonchev–Trinajstić information content (AvgIpc) is 2.68. The van der Waals surface area contributed by atoms with Crippen LogP contribution in [0.15, 0.2) is 30.3 Å². The Labute approximate surface area is 115 Å². The van der Waals surface area contributed by atoms with Gasteiger partial charge < -0.3 is 9.30 Å². The summed E-state index contributed by atoms with van der Waals surface area (Å²) >= 11 is 1.16. The molecular formula is C14H16N2O2S. The molecule has 0 amide bonds. The summed E-state index contributed by atoms with van der Waals surface area (Å²) in [5.74, 6) is -0.342. The highest BCUT2D eigenvalue weighted by atomic mass is 32.1. The number of rotatable bonds is 4. The van der Waals surface area contributed by atoms with Gasteiger partial charge in [0.1, 0.15) is 4.88 Å². The fourth-order valence-electron chi connectivity index (χ4n) is 1.84. The third-order valence-electron chi connectivity index (χ3n) is 2.82. The molecule has 0 spiro atoms. The number of ether oxygens (including phenoxy) is 1. The van der Waals surface area contributed by atoms with Crippen LogP contribution in [0.5, 0.6) is 0 Å². The molecule has 0 saturated carbocycles. The second kappa shape index (κ2) is 5.84. The van der Waals surface area contributed by atoms with Crippen LogP contribution in [0, 0.1) is 12.3 Å². The number of benzene rings is 1. The number of hydrogen-bond donors (Lipinski definition) is 1. The minimum atomic E-state index is -0.342. The van der Waals surface area contributed by atoms with E-state index in [0.717, 1.165) is 22.6 Å². The van der Waals surface area contributed by atoms with Crippen LogP contribution >= 0.6 is 11.3 Å². The molecule has 0 aliphatic heterocycles. The van der Waals surface area contributed by atoms with Gasteiger partial charge in [-0.3, -0.25) is 5.41 Å². The van der Waals surface area contributed by atoms with E-state index in [0.29, 0.717) is 22.8 Å². The van der Waals surface area contributed by atoms with Gasteiger partial charge in [0.25, 0.3) is 0 Å². The normalized spacial score (nSPS) is 10.4. The Hall–Kier alpha value is -1.88. The lowest BCUT2D eigenvalue weighted by atomic mass is 10.2.